The topological polar surface area (TPSA) is 18.5 Å². The van der Waals surface area contributed by atoms with Gasteiger partial charge in [0, 0.05) is 18.6 Å². The second kappa shape index (κ2) is 2.31. The maximum atomic E-state index is 5.27. The molecular formula is C6H13BO2. The highest BCUT2D eigenvalue weighted by molar-refractivity contribution is 6.42. The van der Waals surface area contributed by atoms with E-state index in [2.05, 4.69) is 13.8 Å². The zero-order valence-electron chi connectivity index (χ0n) is 6.31. The van der Waals surface area contributed by atoms with E-state index in [-0.39, 0.29) is 12.5 Å². The Balaban J connectivity index is 2.35. The first kappa shape index (κ1) is 7.10. The van der Waals surface area contributed by atoms with Crippen LogP contribution in [0.3, 0.4) is 0 Å². The molecule has 1 rings (SSSR count). The fourth-order valence-electron chi connectivity index (χ4n) is 0.776. The van der Waals surface area contributed by atoms with Crippen molar-refractivity contribution in [2.75, 3.05) is 13.2 Å². The average Bonchev–Trinajstić information content (AvgIpc) is 1.78. The van der Waals surface area contributed by atoms with Gasteiger partial charge in [0.25, 0.3) is 0 Å². The molecule has 1 fully saturated rings. The van der Waals surface area contributed by atoms with E-state index in [0.29, 0.717) is 0 Å². The molecule has 0 radical (unpaired) electrons. The Morgan fingerprint density at radius 1 is 1.22 bits per heavy atom. The molecule has 1 aliphatic rings. The van der Waals surface area contributed by atoms with Gasteiger partial charge in [0.05, 0.1) is 0 Å². The van der Waals surface area contributed by atoms with Crippen molar-refractivity contribution in [2.45, 2.75) is 20.7 Å². The molecular weight excluding hydrogens is 115 g/mol. The molecule has 0 saturated carbocycles. The summed E-state index contributed by atoms with van der Waals surface area (Å²) in [7, 11) is -0.00183. The van der Waals surface area contributed by atoms with E-state index in [0.717, 1.165) is 13.2 Å². The lowest BCUT2D eigenvalue weighted by Crippen LogP contribution is -2.38. The maximum absolute atomic E-state index is 5.27. The predicted molar refractivity (Wildman–Crippen MR) is 37.3 cm³/mol. The van der Waals surface area contributed by atoms with Gasteiger partial charge in [-0.3, -0.25) is 0 Å². The Kier molecular flexibility index (Phi) is 1.82. The van der Waals surface area contributed by atoms with Crippen molar-refractivity contribution in [1.29, 1.82) is 0 Å². The molecule has 1 heterocycles. The summed E-state index contributed by atoms with van der Waals surface area (Å²) in [6, 6.07) is 0. The first-order valence-electron chi connectivity index (χ1n) is 3.33. The first-order valence-corrected chi connectivity index (χ1v) is 3.33. The van der Waals surface area contributed by atoms with Crippen molar-refractivity contribution in [3.63, 3.8) is 0 Å². The van der Waals surface area contributed by atoms with Gasteiger partial charge in [-0.1, -0.05) is 13.8 Å². The van der Waals surface area contributed by atoms with Crippen molar-refractivity contribution in [2.24, 2.45) is 5.41 Å². The van der Waals surface area contributed by atoms with E-state index < -0.39 is 0 Å². The molecule has 0 spiro atoms. The molecule has 0 bridgehead atoms. The van der Waals surface area contributed by atoms with Crippen molar-refractivity contribution >= 4 is 7.12 Å². The van der Waals surface area contributed by atoms with Crippen LogP contribution in [0.2, 0.25) is 6.82 Å². The van der Waals surface area contributed by atoms with Gasteiger partial charge in [-0.2, -0.15) is 0 Å². The Bertz CT molecular complexity index is 93.2. The van der Waals surface area contributed by atoms with Crippen LogP contribution >= 0.6 is 0 Å². The standard InChI is InChI=1S/C6H13BO2/c1-6(2)4-8-7(3)9-5-6/h4-5H2,1-3H3. The maximum Gasteiger partial charge on any atom is 0.453 e. The first-order chi connectivity index (χ1) is 4.10. The quantitative estimate of drug-likeness (QED) is 0.456. The van der Waals surface area contributed by atoms with Crippen molar-refractivity contribution in [1.82, 2.24) is 0 Å². The Labute approximate surface area is 56.7 Å². The molecule has 0 aromatic heterocycles. The van der Waals surface area contributed by atoms with Crippen LogP contribution in [0.4, 0.5) is 0 Å². The van der Waals surface area contributed by atoms with Crippen molar-refractivity contribution in [3.8, 4) is 0 Å². The van der Waals surface area contributed by atoms with Gasteiger partial charge < -0.3 is 9.31 Å². The van der Waals surface area contributed by atoms with E-state index in [1.165, 1.54) is 0 Å². The molecule has 0 aliphatic carbocycles. The summed E-state index contributed by atoms with van der Waals surface area (Å²) in [6.07, 6.45) is 0. The average molecular weight is 128 g/mol. The van der Waals surface area contributed by atoms with Crippen LogP contribution in [0, 0.1) is 5.41 Å². The zero-order valence-corrected chi connectivity index (χ0v) is 6.31. The summed E-state index contributed by atoms with van der Waals surface area (Å²) in [5.74, 6) is 0. The number of hydrogen-bond acceptors (Lipinski definition) is 2. The summed E-state index contributed by atoms with van der Waals surface area (Å²) in [6.45, 7) is 7.83. The van der Waals surface area contributed by atoms with Gasteiger partial charge in [-0.05, 0) is 6.82 Å². The minimum atomic E-state index is -0.00183. The molecule has 2 nitrogen and oxygen atoms in total. The Morgan fingerprint density at radius 3 is 2.00 bits per heavy atom. The molecule has 3 heteroatoms. The molecule has 9 heavy (non-hydrogen) atoms. The summed E-state index contributed by atoms with van der Waals surface area (Å²) >= 11 is 0. The third-order valence-corrected chi connectivity index (χ3v) is 1.42. The molecule has 0 N–H and O–H groups in total. The smallest absolute Gasteiger partial charge is 0.411 e. The largest absolute Gasteiger partial charge is 0.453 e. The Hall–Kier alpha value is -0.0151. The lowest BCUT2D eigenvalue weighted by Gasteiger charge is -2.31. The van der Waals surface area contributed by atoms with Crippen LogP contribution in [0.15, 0.2) is 0 Å². The van der Waals surface area contributed by atoms with Crippen molar-refractivity contribution < 1.29 is 9.31 Å². The van der Waals surface area contributed by atoms with Crippen LogP contribution in [-0.4, -0.2) is 20.3 Å². The molecule has 0 atom stereocenters. The summed E-state index contributed by atoms with van der Waals surface area (Å²) < 4.78 is 10.5. The van der Waals surface area contributed by atoms with Crippen LogP contribution in [0.5, 0.6) is 0 Å². The Morgan fingerprint density at radius 2 is 1.67 bits per heavy atom. The SMILES string of the molecule is CB1OCC(C)(C)CO1. The summed E-state index contributed by atoms with van der Waals surface area (Å²) in [5, 5.41) is 0. The molecule has 0 aromatic rings. The van der Waals surface area contributed by atoms with E-state index in [4.69, 9.17) is 9.31 Å². The normalized spacial score (nSPS) is 26.3. The minimum absolute atomic E-state index is 0.00183. The fraction of sp³-hybridized carbons (Fsp3) is 1.00. The highest BCUT2D eigenvalue weighted by atomic mass is 16.6. The van der Waals surface area contributed by atoms with Gasteiger partial charge in [-0.25, -0.2) is 0 Å². The van der Waals surface area contributed by atoms with E-state index in [1.54, 1.807) is 0 Å². The summed E-state index contributed by atoms with van der Waals surface area (Å²) in [5.41, 5.74) is 0.215. The predicted octanol–water partition coefficient (Wildman–Crippen LogP) is 1.18. The molecule has 1 saturated heterocycles. The monoisotopic (exact) mass is 128 g/mol. The fourth-order valence-corrected chi connectivity index (χ4v) is 0.776. The van der Waals surface area contributed by atoms with Crippen LogP contribution in [0.1, 0.15) is 13.8 Å². The second-order valence-corrected chi connectivity index (χ2v) is 3.35. The molecule has 0 aromatic carbocycles. The summed E-state index contributed by atoms with van der Waals surface area (Å²) in [4.78, 5) is 0. The lowest BCUT2D eigenvalue weighted by atomic mass is 9.86. The van der Waals surface area contributed by atoms with Gasteiger partial charge in [0.2, 0.25) is 0 Å². The van der Waals surface area contributed by atoms with Gasteiger partial charge >= 0.3 is 7.12 Å². The molecule has 1 aliphatic heterocycles. The van der Waals surface area contributed by atoms with Gasteiger partial charge in [0.1, 0.15) is 0 Å². The van der Waals surface area contributed by atoms with Gasteiger partial charge in [0.15, 0.2) is 0 Å². The molecule has 52 valence electrons. The van der Waals surface area contributed by atoms with Crippen LogP contribution < -0.4 is 0 Å². The van der Waals surface area contributed by atoms with Crippen molar-refractivity contribution in [3.05, 3.63) is 0 Å². The lowest BCUT2D eigenvalue weighted by molar-refractivity contribution is 0.0311. The van der Waals surface area contributed by atoms with Crippen LogP contribution in [0.25, 0.3) is 0 Å². The third-order valence-electron chi connectivity index (χ3n) is 1.42. The number of hydrogen-bond donors (Lipinski definition) is 0. The third kappa shape index (κ3) is 1.99. The number of rotatable bonds is 0. The molecule has 0 amide bonds. The highest BCUT2D eigenvalue weighted by Gasteiger charge is 2.28. The minimum Gasteiger partial charge on any atom is -0.411 e. The van der Waals surface area contributed by atoms with E-state index >= 15 is 0 Å². The van der Waals surface area contributed by atoms with Crippen LogP contribution in [-0.2, 0) is 9.31 Å². The zero-order chi connectivity index (χ0) is 6.91. The highest BCUT2D eigenvalue weighted by Crippen LogP contribution is 2.20. The van der Waals surface area contributed by atoms with E-state index in [1.807, 2.05) is 6.82 Å². The van der Waals surface area contributed by atoms with Gasteiger partial charge in [-0.15, -0.1) is 0 Å². The second-order valence-electron chi connectivity index (χ2n) is 3.35. The molecule has 0 unspecified atom stereocenters. The van der Waals surface area contributed by atoms with E-state index in [9.17, 15) is 0 Å².